The van der Waals surface area contributed by atoms with Crippen molar-refractivity contribution in [1.82, 2.24) is 14.9 Å². The maximum Gasteiger partial charge on any atom is 0.410 e. The van der Waals surface area contributed by atoms with E-state index < -0.39 is 17.2 Å². The van der Waals surface area contributed by atoms with E-state index >= 15 is 4.39 Å². The van der Waals surface area contributed by atoms with E-state index in [0.29, 0.717) is 46.7 Å². The van der Waals surface area contributed by atoms with Crippen LogP contribution < -0.4 is 9.64 Å². The number of piperazine rings is 1. The van der Waals surface area contributed by atoms with Crippen molar-refractivity contribution in [3.8, 4) is 16.9 Å². The molecule has 2 bridgehead atoms. The number of nitrogens with zero attached hydrogens (tertiary/aromatic N) is 4. The van der Waals surface area contributed by atoms with Crippen LogP contribution in [0.2, 0.25) is 10.3 Å². The summed E-state index contributed by atoms with van der Waals surface area (Å²) in [5.41, 5.74) is 1.27. The predicted octanol–water partition coefficient (Wildman–Crippen LogP) is 7.74. The summed E-state index contributed by atoms with van der Waals surface area (Å²) in [5, 5.41) is 0.404. The molecule has 2 aromatic carbocycles. The van der Waals surface area contributed by atoms with Gasteiger partial charge in [-0.05, 0) is 98.7 Å². The van der Waals surface area contributed by atoms with Crippen LogP contribution in [0.5, 0.6) is 5.75 Å². The first-order valence-electron chi connectivity index (χ1n) is 14.4. The zero-order chi connectivity index (χ0) is 31.3. The van der Waals surface area contributed by atoms with Gasteiger partial charge >= 0.3 is 6.09 Å². The second kappa shape index (κ2) is 11.8. The van der Waals surface area contributed by atoms with Crippen molar-refractivity contribution in [3.05, 3.63) is 63.4 Å². The number of aromatic nitrogens is 2. The van der Waals surface area contributed by atoms with Crippen molar-refractivity contribution in [2.75, 3.05) is 31.9 Å². The van der Waals surface area contributed by atoms with Crippen molar-refractivity contribution in [2.24, 2.45) is 0 Å². The number of ether oxygens (including phenoxy) is 3. The van der Waals surface area contributed by atoms with Crippen LogP contribution in [-0.4, -0.2) is 65.6 Å². The smallest absolute Gasteiger partial charge is 0.410 e. The summed E-state index contributed by atoms with van der Waals surface area (Å²) >= 11 is 13.3. The lowest BCUT2D eigenvalue weighted by atomic mass is 9.92. The number of amides is 1. The Kier molecular flexibility index (Phi) is 8.19. The molecule has 2 aliphatic heterocycles. The van der Waals surface area contributed by atoms with Crippen molar-refractivity contribution < 1.29 is 27.8 Å². The van der Waals surface area contributed by atoms with Crippen molar-refractivity contribution >= 4 is 52.1 Å². The molecule has 3 heterocycles. The Hall–Kier alpha value is -3.47. The molecular weight excluding hydrogens is 613 g/mol. The van der Waals surface area contributed by atoms with Crippen LogP contribution in [0.25, 0.3) is 28.1 Å². The zero-order valence-electron chi connectivity index (χ0n) is 24.8. The topological polar surface area (TPSA) is 77.0 Å². The summed E-state index contributed by atoms with van der Waals surface area (Å²) < 4.78 is 47.3. The fourth-order valence-corrected chi connectivity index (χ4v) is 6.70. The molecular formula is C32H32Cl2F2N4O4. The van der Waals surface area contributed by atoms with Gasteiger partial charge in [0.05, 0.1) is 17.1 Å². The lowest BCUT2D eigenvalue weighted by molar-refractivity contribution is 0.0123. The molecule has 1 amide bonds. The van der Waals surface area contributed by atoms with Gasteiger partial charge in [-0.3, -0.25) is 4.90 Å². The molecule has 6 rings (SSSR count). The third-order valence-electron chi connectivity index (χ3n) is 8.02. The number of carbonyl (C=O) groups excluding carboxylic acids is 1. The van der Waals surface area contributed by atoms with E-state index in [1.165, 1.54) is 19.3 Å². The Morgan fingerprint density at radius 3 is 2.48 bits per heavy atom. The molecule has 2 unspecified atom stereocenters. The number of allylic oxidation sites excluding steroid dienone is 3. The highest BCUT2D eigenvalue weighted by molar-refractivity contribution is 6.34. The molecule has 0 spiro atoms. The zero-order valence-corrected chi connectivity index (χ0v) is 26.3. The lowest BCUT2D eigenvalue weighted by Crippen LogP contribution is -2.57. The Balaban J connectivity index is 1.43. The summed E-state index contributed by atoms with van der Waals surface area (Å²) in [5.74, 6) is -0.237. The number of halogens is 4. The van der Waals surface area contributed by atoms with E-state index in [2.05, 4.69) is 9.97 Å². The number of hydrogen-bond donors (Lipinski definition) is 0. The number of fused-ring (bicyclic) bond motifs is 4. The predicted molar refractivity (Wildman–Crippen MR) is 166 cm³/mol. The average molecular weight is 646 g/mol. The van der Waals surface area contributed by atoms with Gasteiger partial charge in [-0.2, -0.15) is 4.98 Å². The average Bonchev–Trinajstić information content (AvgIpc) is 3.09. The summed E-state index contributed by atoms with van der Waals surface area (Å²) in [4.78, 5) is 25.6. The van der Waals surface area contributed by atoms with Gasteiger partial charge in [0.15, 0.2) is 12.6 Å². The van der Waals surface area contributed by atoms with Gasteiger partial charge in [-0.1, -0.05) is 17.7 Å². The van der Waals surface area contributed by atoms with Gasteiger partial charge < -0.3 is 19.1 Å². The quantitative estimate of drug-likeness (QED) is 0.208. The number of anilines is 1. The minimum atomic E-state index is -0.683. The Labute approximate surface area is 264 Å². The first kappa shape index (κ1) is 30.6. The first-order chi connectivity index (χ1) is 20.9. The van der Waals surface area contributed by atoms with Crippen LogP contribution >= 0.6 is 23.2 Å². The largest absolute Gasteiger partial charge is 0.468 e. The van der Waals surface area contributed by atoms with Crippen LogP contribution in [0.1, 0.15) is 44.7 Å². The van der Waals surface area contributed by atoms with Gasteiger partial charge in [0, 0.05) is 31.1 Å². The molecule has 232 valence electrons. The molecule has 2 saturated heterocycles. The molecule has 8 nitrogen and oxygen atoms in total. The maximum atomic E-state index is 16.7. The van der Waals surface area contributed by atoms with Crippen LogP contribution in [-0.2, 0) is 15.9 Å². The van der Waals surface area contributed by atoms with Gasteiger partial charge in [0.1, 0.15) is 28.5 Å². The van der Waals surface area contributed by atoms with Gasteiger partial charge in [-0.15, -0.1) is 0 Å². The van der Waals surface area contributed by atoms with E-state index in [-0.39, 0.29) is 52.8 Å². The number of carbonyl (C=O) groups is 1. The molecule has 0 saturated carbocycles. The monoisotopic (exact) mass is 644 g/mol. The highest BCUT2D eigenvalue weighted by Crippen LogP contribution is 2.44. The molecule has 0 radical (unpaired) electrons. The van der Waals surface area contributed by atoms with E-state index in [9.17, 15) is 9.18 Å². The third-order valence-corrected chi connectivity index (χ3v) is 8.48. The Morgan fingerprint density at radius 1 is 1.07 bits per heavy atom. The van der Waals surface area contributed by atoms with E-state index in [1.807, 2.05) is 30.6 Å². The normalized spacial score (nSPS) is 19.6. The number of hydrogen-bond acceptors (Lipinski definition) is 7. The molecule has 1 aliphatic carbocycles. The molecule has 3 aliphatic rings. The standard InChI is InChI=1S/C32H32Cl2F2N4O4/c1-32(2,3)44-31(41)40-19-8-9-20(40)15-39(14-19)29-24-13-25(33)26(27(36)28(24)37-30(34)38-29)23-12-21(43-16-42-4)11-17-5-6-18(35)7-10-22(17)23/h5-7,11-13,19-20H,8-10,14-16H2,1-4H3. The molecule has 44 heavy (non-hydrogen) atoms. The van der Waals surface area contributed by atoms with Gasteiger partial charge in [0.25, 0.3) is 0 Å². The molecule has 3 aromatic rings. The number of methoxy groups -OCH3 is 1. The molecule has 12 heteroatoms. The molecule has 1 aromatic heterocycles. The van der Waals surface area contributed by atoms with Crippen LogP contribution in [0.3, 0.4) is 0 Å². The third kappa shape index (κ3) is 5.82. The lowest BCUT2D eigenvalue weighted by Gasteiger charge is -2.42. The molecule has 2 fully saturated rings. The minimum Gasteiger partial charge on any atom is -0.468 e. The second-order valence-electron chi connectivity index (χ2n) is 12.2. The van der Waals surface area contributed by atoms with Crippen LogP contribution in [0.15, 0.2) is 36.2 Å². The van der Waals surface area contributed by atoms with E-state index in [0.717, 1.165) is 12.8 Å². The van der Waals surface area contributed by atoms with Crippen LogP contribution in [0.4, 0.5) is 19.4 Å². The Bertz CT molecular complexity index is 1690. The van der Waals surface area contributed by atoms with E-state index in [4.69, 9.17) is 37.4 Å². The van der Waals surface area contributed by atoms with Crippen LogP contribution in [0, 0.1) is 5.82 Å². The summed E-state index contributed by atoms with van der Waals surface area (Å²) in [6.45, 7) is 6.44. The van der Waals surface area contributed by atoms with E-state index in [1.54, 1.807) is 24.3 Å². The number of rotatable bonds is 5. The summed E-state index contributed by atoms with van der Waals surface area (Å²) in [6.07, 6.45) is 5.89. The van der Waals surface area contributed by atoms with Crippen molar-refractivity contribution in [3.63, 3.8) is 0 Å². The fourth-order valence-electron chi connectivity index (χ4n) is 6.24. The van der Waals surface area contributed by atoms with Gasteiger partial charge in [0.2, 0.25) is 5.28 Å². The maximum absolute atomic E-state index is 16.7. The molecule has 2 atom stereocenters. The molecule has 0 N–H and O–H groups in total. The summed E-state index contributed by atoms with van der Waals surface area (Å²) in [6, 6.07) is 4.85. The van der Waals surface area contributed by atoms with Crippen molar-refractivity contribution in [1.29, 1.82) is 0 Å². The Morgan fingerprint density at radius 2 is 1.80 bits per heavy atom. The summed E-state index contributed by atoms with van der Waals surface area (Å²) in [7, 11) is 1.49. The van der Waals surface area contributed by atoms with Crippen molar-refractivity contribution in [2.45, 2.75) is 57.7 Å². The second-order valence-corrected chi connectivity index (χ2v) is 12.9. The number of benzene rings is 2. The highest BCUT2D eigenvalue weighted by atomic mass is 35.5. The highest BCUT2D eigenvalue weighted by Gasteiger charge is 2.45. The first-order valence-corrected chi connectivity index (χ1v) is 15.1. The van der Waals surface area contributed by atoms with Gasteiger partial charge in [-0.25, -0.2) is 18.6 Å². The SMILES string of the molecule is COCOc1cc2c(c(-c3c(Cl)cc4c(N5CC6CCC(C5)N6C(=O)OC(C)(C)C)nc(Cl)nc4c3F)c1)CC=C(F)C=C2. The fraction of sp³-hybridized carbons (Fsp3) is 0.406. The minimum absolute atomic E-state index is 0.00386.